The molecule has 0 heterocycles. The lowest BCUT2D eigenvalue weighted by Crippen LogP contribution is -2.34. The lowest BCUT2D eigenvalue weighted by molar-refractivity contribution is 0.224. The van der Waals surface area contributed by atoms with Crippen LogP contribution in [0.3, 0.4) is 0 Å². The van der Waals surface area contributed by atoms with E-state index < -0.39 is 0 Å². The van der Waals surface area contributed by atoms with Gasteiger partial charge < -0.3 is 21.4 Å². The molecule has 0 amide bonds. The largest absolute Gasteiger partial charge is 0.409 e. The Morgan fingerprint density at radius 1 is 1.38 bits per heavy atom. The first-order valence-electron chi connectivity index (χ1n) is 5.90. The fourth-order valence-corrected chi connectivity index (χ4v) is 1.58. The van der Waals surface area contributed by atoms with Gasteiger partial charge in [-0.25, -0.2) is 0 Å². The van der Waals surface area contributed by atoms with Crippen molar-refractivity contribution in [2.45, 2.75) is 45.6 Å². The molecule has 5 nitrogen and oxygen atoms in total. The number of rotatable bonds is 9. The average Bonchev–Trinajstić information content (AvgIpc) is 2.26. The molecule has 0 saturated carbocycles. The summed E-state index contributed by atoms with van der Waals surface area (Å²) in [6.45, 7) is 5.32. The monoisotopic (exact) mass is 231 g/mol. The maximum atomic E-state index is 9.12. The second kappa shape index (κ2) is 9.42. The zero-order valence-electron chi connectivity index (χ0n) is 10.3. The zero-order valence-corrected chi connectivity index (χ0v) is 10.3. The molecule has 16 heavy (non-hydrogen) atoms. The summed E-state index contributed by atoms with van der Waals surface area (Å²) in [5, 5.41) is 23.7. The maximum Gasteiger partial charge on any atom is 0.139 e. The standard InChI is InChI=1S/C11H25N3O2/c1-9(2)7-10(8-15)13-6-4-3-5-11(12)14-16/h9-10,13,15-16H,3-8H2,1-2H3,(H2,12,14). The van der Waals surface area contributed by atoms with Gasteiger partial charge in [-0.2, -0.15) is 0 Å². The number of hydrogen-bond acceptors (Lipinski definition) is 4. The zero-order chi connectivity index (χ0) is 12.4. The molecule has 5 N–H and O–H groups in total. The molecule has 0 aromatic rings. The van der Waals surface area contributed by atoms with Gasteiger partial charge in [-0.1, -0.05) is 19.0 Å². The summed E-state index contributed by atoms with van der Waals surface area (Å²) >= 11 is 0. The van der Waals surface area contributed by atoms with Crippen LogP contribution in [0, 0.1) is 5.92 Å². The molecule has 0 fully saturated rings. The van der Waals surface area contributed by atoms with Crippen molar-refractivity contribution in [1.29, 1.82) is 0 Å². The summed E-state index contributed by atoms with van der Waals surface area (Å²) in [7, 11) is 0. The normalized spacial score (nSPS) is 14.4. The maximum absolute atomic E-state index is 9.12. The van der Waals surface area contributed by atoms with Gasteiger partial charge in [-0.05, 0) is 31.7 Å². The second-order valence-electron chi connectivity index (χ2n) is 4.51. The number of nitrogens with two attached hydrogens (primary N) is 1. The Bertz CT molecular complexity index is 196. The molecule has 0 radical (unpaired) electrons. The smallest absolute Gasteiger partial charge is 0.139 e. The van der Waals surface area contributed by atoms with Crippen LogP contribution >= 0.6 is 0 Å². The molecule has 0 aromatic carbocycles. The summed E-state index contributed by atoms with van der Waals surface area (Å²) < 4.78 is 0. The quantitative estimate of drug-likeness (QED) is 0.156. The van der Waals surface area contributed by atoms with Crippen LogP contribution in [0.4, 0.5) is 0 Å². The molecule has 0 aliphatic heterocycles. The van der Waals surface area contributed by atoms with Crippen LogP contribution in [0.1, 0.15) is 39.5 Å². The molecule has 96 valence electrons. The Hall–Kier alpha value is -0.810. The van der Waals surface area contributed by atoms with Gasteiger partial charge in [-0.3, -0.25) is 0 Å². The number of nitrogens with zero attached hydrogens (tertiary/aromatic N) is 1. The third-order valence-corrected chi connectivity index (χ3v) is 2.40. The fourth-order valence-electron chi connectivity index (χ4n) is 1.58. The van der Waals surface area contributed by atoms with Gasteiger partial charge in [-0.15, -0.1) is 0 Å². The topological polar surface area (TPSA) is 90.9 Å². The number of aliphatic hydroxyl groups is 1. The summed E-state index contributed by atoms with van der Waals surface area (Å²) in [5.74, 6) is 0.864. The predicted molar refractivity (Wildman–Crippen MR) is 65.6 cm³/mol. The van der Waals surface area contributed by atoms with Crippen molar-refractivity contribution < 1.29 is 10.3 Å². The Morgan fingerprint density at radius 2 is 2.06 bits per heavy atom. The highest BCUT2D eigenvalue weighted by atomic mass is 16.4. The number of aliphatic hydroxyl groups excluding tert-OH is 1. The van der Waals surface area contributed by atoms with E-state index in [2.05, 4.69) is 24.3 Å². The average molecular weight is 231 g/mol. The van der Waals surface area contributed by atoms with E-state index in [1.54, 1.807) is 0 Å². The number of oxime groups is 1. The van der Waals surface area contributed by atoms with Crippen LogP contribution in [0.15, 0.2) is 5.16 Å². The third-order valence-electron chi connectivity index (χ3n) is 2.40. The predicted octanol–water partition coefficient (Wildman–Crippen LogP) is 0.900. The van der Waals surface area contributed by atoms with Crippen LogP contribution in [0.25, 0.3) is 0 Å². The molecule has 0 rings (SSSR count). The lowest BCUT2D eigenvalue weighted by Gasteiger charge is -2.18. The molecule has 1 unspecified atom stereocenters. The van der Waals surface area contributed by atoms with Crippen molar-refractivity contribution in [2.24, 2.45) is 16.8 Å². The molecule has 0 aliphatic rings. The Kier molecular flexibility index (Phi) is 8.94. The first-order chi connectivity index (χ1) is 7.60. The van der Waals surface area contributed by atoms with Gasteiger partial charge in [0.1, 0.15) is 5.84 Å². The highest BCUT2D eigenvalue weighted by Gasteiger charge is 2.08. The van der Waals surface area contributed by atoms with Gasteiger partial charge in [0.2, 0.25) is 0 Å². The van der Waals surface area contributed by atoms with Crippen molar-refractivity contribution >= 4 is 5.84 Å². The Labute approximate surface area is 97.7 Å². The molecule has 0 saturated heterocycles. The van der Waals surface area contributed by atoms with Gasteiger partial charge in [0.25, 0.3) is 0 Å². The van der Waals surface area contributed by atoms with Gasteiger partial charge in [0, 0.05) is 12.5 Å². The molecule has 0 aromatic heterocycles. The molecule has 0 bridgehead atoms. The first-order valence-corrected chi connectivity index (χ1v) is 5.90. The fraction of sp³-hybridized carbons (Fsp3) is 0.909. The first kappa shape index (κ1) is 15.2. The van der Waals surface area contributed by atoms with E-state index >= 15 is 0 Å². The molecule has 0 aliphatic carbocycles. The van der Waals surface area contributed by atoms with Crippen LogP contribution in [0.5, 0.6) is 0 Å². The van der Waals surface area contributed by atoms with E-state index in [-0.39, 0.29) is 18.5 Å². The number of unbranched alkanes of at least 4 members (excludes halogenated alkanes) is 1. The number of hydrogen-bond donors (Lipinski definition) is 4. The SMILES string of the molecule is CC(C)CC(CO)NCCCCC(N)=NO. The van der Waals surface area contributed by atoms with Crippen molar-refractivity contribution in [2.75, 3.05) is 13.2 Å². The van der Waals surface area contributed by atoms with Crippen LogP contribution in [-0.2, 0) is 0 Å². The van der Waals surface area contributed by atoms with E-state index in [9.17, 15) is 0 Å². The summed E-state index contributed by atoms with van der Waals surface area (Å²) in [4.78, 5) is 0. The Morgan fingerprint density at radius 3 is 2.56 bits per heavy atom. The summed E-state index contributed by atoms with van der Waals surface area (Å²) in [6, 6.07) is 0.184. The van der Waals surface area contributed by atoms with Gasteiger partial charge in [0.15, 0.2) is 0 Å². The molecule has 1 atom stereocenters. The third kappa shape index (κ3) is 8.49. The van der Waals surface area contributed by atoms with Crippen LogP contribution < -0.4 is 11.1 Å². The molecular weight excluding hydrogens is 206 g/mol. The lowest BCUT2D eigenvalue weighted by atomic mass is 10.0. The highest BCUT2D eigenvalue weighted by molar-refractivity contribution is 5.79. The number of amidine groups is 1. The second-order valence-corrected chi connectivity index (χ2v) is 4.51. The Balaban J connectivity index is 3.48. The minimum absolute atomic E-state index is 0.179. The van der Waals surface area contributed by atoms with Crippen molar-refractivity contribution in [3.63, 3.8) is 0 Å². The van der Waals surface area contributed by atoms with Crippen molar-refractivity contribution in [1.82, 2.24) is 5.32 Å². The summed E-state index contributed by atoms with van der Waals surface area (Å²) in [5.41, 5.74) is 5.35. The van der Waals surface area contributed by atoms with E-state index in [1.165, 1.54) is 0 Å². The van der Waals surface area contributed by atoms with E-state index in [4.69, 9.17) is 16.0 Å². The molecule has 0 spiro atoms. The summed E-state index contributed by atoms with van der Waals surface area (Å²) in [6.07, 6.45) is 3.45. The van der Waals surface area contributed by atoms with Crippen LogP contribution in [0.2, 0.25) is 0 Å². The van der Waals surface area contributed by atoms with E-state index in [0.717, 1.165) is 25.8 Å². The van der Waals surface area contributed by atoms with E-state index in [0.29, 0.717) is 12.3 Å². The van der Waals surface area contributed by atoms with Gasteiger partial charge >= 0.3 is 0 Å². The molecular formula is C11H25N3O2. The van der Waals surface area contributed by atoms with Gasteiger partial charge in [0.05, 0.1) is 6.61 Å². The molecule has 5 heteroatoms. The van der Waals surface area contributed by atoms with Crippen molar-refractivity contribution in [3.05, 3.63) is 0 Å². The minimum atomic E-state index is 0.179. The number of nitrogens with one attached hydrogen (secondary N) is 1. The minimum Gasteiger partial charge on any atom is -0.409 e. The highest BCUT2D eigenvalue weighted by Crippen LogP contribution is 2.04. The van der Waals surface area contributed by atoms with E-state index in [1.807, 2.05) is 0 Å². The van der Waals surface area contributed by atoms with Crippen molar-refractivity contribution in [3.8, 4) is 0 Å². The van der Waals surface area contributed by atoms with Crippen LogP contribution in [-0.4, -0.2) is 35.3 Å².